The number of halogens is 1. The minimum absolute atomic E-state index is 0.0212. The number of anilines is 1. The van der Waals surface area contributed by atoms with Gasteiger partial charge in [0.05, 0.1) is 6.04 Å². The van der Waals surface area contributed by atoms with Gasteiger partial charge in [0, 0.05) is 32.2 Å². The zero-order valence-electron chi connectivity index (χ0n) is 18.2. The molecule has 0 radical (unpaired) electrons. The second-order valence-corrected chi connectivity index (χ2v) is 8.58. The molecule has 2 N–H and O–H groups in total. The molecule has 166 valence electrons. The number of carbonyl (C=O) groups is 3. The van der Waals surface area contributed by atoms with E-state index in [1.807, 2.05) is 20.8 Å². The van der Waals surface area contributed by atoms with Gasteiger partial charge in [-0.1, -0.05) is 6.07 Å². The first kappa shape index (κ1) is 23.6. The number of likely N-dealkylation sites (tertiary alicyclic amines) is 1. The highest BCUT2D eigenvalue weighted by Gasteiger charge is 2.28. The second-order valence-electron chi connectivity index (χ2n) is 8.58. The van der Waals surface area contributed by atoms with E-state index in [1.54, 1.807) is 17.0 Å². The Hall–Kier alpha value is -2.64. The highest BCUT2D eigenvalue weighted by Crippen LogP contribution is 2.31. The molecule has 1 saturated heterocycles. The Morgan fingerprint density at radius 1 is 1.30 bits per heavy atom. The van der Waals surface area contributed by atoms with E-state index in [2.05, 4.69) is 10.6 Å². The highest BCUT2D eigenvalue weighted by molar-refractivity contribution is 5.76. The van der Waals surface area contributed by atoms with Crippen LogP contribution in [0.25, 0.3) is 0 Å². The van der Waals surface area contributed by atoms with Gasteiger partial charge in [0.25, 0.3) is 0 Å². The number of amides is 2. The van der Waals surface area contributed by atoms with Crippen LogP contribution in [0.5, 0.6) is 0 Å². The van der Waals surface area contributed by atoms with Crippen LogP contribution < -0.4 is 10.6 Å². The van der Waals surface area contributed by atoms with E-state index in [0.29, 0.717) is 43.6 Å². The van der Waals surface area contributed by atoms with Crippen molar-refractivity contribution in [2.75, 3.05) is 25.5 Å². The van der Waals surface area contributed by atoms with Crippen molar-refractivity contribution in [2.45, 2.75) is 64.0 Å². The summed E-state index contributed by atoms with van der Waals surface area (Å²) in [6.07, 6.45) is 2.25. The fraction of sp³-hybridized carbons (Fsp3) is 0.591. The van der Waals surface area contributed by atoms with Crippen molar-refractivity contribution >= 4 is 24.0 Å². The molecule has 1 aliphatic heterocycles. The van der Waals surface area contributed by atoms with E-state index in [4.69, 9.17) is 4.74 Å². The lowest BCUT2D eigenvalue weighted by Crippen LogP contribution is -2.41. The summed E-state index contributed by atoms with van der Waals surface area (Å²) in [7, 11) is 1.54. The largest absolute Gasteiger partial charge is 0.444 e. The van der Waals surface area contributed by atoms with E-state index in [1.165, 1.54) is 13.1 Å². The van der Waals surface area contributed by atoms with E-state index in [0.717, 1.165) is 6.29 Å². The molecular formula is C22H32FN3O4. The molecule has 1 aromatic carbocycles. The number of hydrogen-bond acceptors (Lipinski definition) is 5. The van der Waals surface area contributed by atoms with Gasteiger partial charge in [-0.25, -0.2) is 9.18 Å². The summed E-state index contributed by atoms with van der Waals surface area (Å²) in [5, 5.41) is 5.47. The summed E-state index contributed by atoms with van der Waals surface area (Å²) >= 11 is 0. The molecule has 1 atom stereocenters. The summed E-state index contributed by atoms with van der Waals surface area (Å²) in [6.45, 7) is 6.53. The first-order valence-corrected chi connectivity index (χ1v) is 10.3. The summed E-state index contributed by atoms with van der Waals surface area (Å²) in [4.78, 5) is 36.4. The zero-order valence-corrected chi connectivity index (χ0v) is 18.2. The fourth-order valence-electron chi connectivity index (χ4n) is 3.45. The molecule has 1 fully saturated rings. The Bertz CT molecular complexity index is 755. The third-order valence-electron chi connectivity index (χ3n) is 5.06. The topological polar surface area (TPSA) is 87.7 Å². The standard InChI is InChI=1S/C22H32FN3O4/c1-22(2,3)30-21(29)26-11-9-15(10-12-26)18-7-5-16(13-19(18)23)25-17(14-27)6-8-20(28)24-4/h5,7,13-15,17,25H,6,8-12H2,1-4H3,(H,24,28). The molecule has 0 bridgehead atoms. The molecule has 1 unspecified atom stereocenters. The predicted octanol–water partition coefficient (Wildman–Crippen LogP) is 3.45. The molecule has 7 nitrogen and oxygen atoms in total. The second kappa shape index (κ2) is 10.4. The van der Waals surface area contributed by atoms with Crippen molar-refractivity contribution in [3.63, 3.8) is 0 Å². The Balaban J connectivity index is 1.93. The van der Waals surface area contributed by atoms with Crippen LogP contribution >= 0.6 is 0 Å². The summed E-state index contributed by atoms with van der Waals surface area (Å²) in [6, 6.07) is 4.29. The normalized spacial score (nSPS) is 16.0. The molecule has 2 amide bonds. The van der Waals surface area contributed by atoms with Gasteiger partial charge in [0.2, 0.25) is 5.91 Å². The van der Waals surface area contributed by atoms with E-state index < -0.39 is 11.6 Å². The maximum atomic E-state index is 14.7. The number of ether oxygens (including phenoxy) is 1. The number of nitrogens with one attached hydrogen (secondary N) is 2. The van der Waals surface area contributed by atoms with Crippen LogP contribution in [0.4, 0.5) is 14.9 Å². The Kier molecular flexibility index (Phi) is 8.20. The van der Waals surface area contributed by atoms with Crippen LogP contribution in [-0.2, 0) is 14.3 Å². The maximum Gasteiger partial charge on any atom is 0.410 e. The fourth-order valence-corrected chi connectivity index (χ4v) is 3.45. The van der Waals surface area contributed by atoms with Crippen LogP contribution in [0.1, 0.15) is 57.9 Å². The molecule has 2 rings (SSSR count). The zero-order chi connectivity index (χ0) is 22.3. The lowest BCUT2D eigenvalue weighted by molar-refractivity contribution is -0.120. The quantitative estimate of drug-likeness (QED) is 0.659. The average Bonchev–Trinajstić information content (AvgIpc) is 2.69. The smallest absolute Gasteiger partial charge is 0.410 e. The number of carbonyl (C=O) groups excluding carboxylic acids is 3. The molecule has 1 aliphatic rings. The lowest BCUT2D eigenvalue weighted by Gasteiger charge is -2.33. The van der Waals surface area contributed by atoms with Crippen molar-refractivity contribution < 1.29 is 23.5 Å². The van der Waals surface area contributed by atoms with Crippen molar-refractivity contribution in [3.8, 4) is 0 Å². The lowest BCUT2D eigenvalue weighted by atomic mass is 9.89. The molecule has 0 saturated carbocycles. The Labute approximate surface area is 177 Å². The van der Waals surface area contributed by atoms with Crippen molar-refractivity contribution in [1.29, 1.82) is 0 Å². The number of aldehydes is 1. The summed E-state index contributed by atoms with van der Waals surface area (Å²) in [5.74, 6) is -0.470. The van der Waals surface area contributed by atoms with Gasteiger partial charge < -0.3 is 25.1 Å². The third kappa shape index (κ3) is 7.00. The monoisotopic (exact) mass is 421 g/mol. The van der Waals surface area contributed by atoms with E-state index >= 15 is 0 Å². The molecule has 1 aromatic rings. The van der Waals surface area contributed by atoms with Gasteiger partial charge in [-0.2, -0.15) is 0 Å². The first-order chi connectivity index (χ1) is 14.1. The highest BCUT2D eigenvalue weighted by atomic mass is 19.1. The molecule has 8 heteroatoms. The van der Waals surface area contributed by atoms with Crippen molar-refractivity contribution in [2.24, 2.45) is 0 Å². The molecule has 0 aromatic heterocycles. The van der Waals surface area contributed by atoms with Gasteiger partial charge >= 0.3 is 6.09 Å². The number of benzene rings is 1. The first-order valence-electron chi connectivity index (χ1n) is 10.3. The van der Waals surface area contributed by atoms with Crippen LogP contribution in [-0.4, -0.2) is 55.0 Å². The Morgan fingerprint density at radius 2 is 1.97 bits per heavy atom. The molecule has 0 aliphatic carbocycles. The van der Waals surface area contributed by atoms with Crippen molar-refractivity contribution in [3.05, 3.63) is 29.6 Å². The number of hydrogen-bond donors (Lipinski definition) is 2. The van der Waals surface area contributed by atoms with Gasteiger partial charge in [0.15, 0.2) is 0 Å². The van der Waals surface area contributed by atoms with Gasteiger partial charge in [-0.3, -0.25) is 4.79 Å². The number of rotatable bonds is 7. The van der Waals surface area contributed by atoms with Gasteiger partial charge in [-0.15, -0.1) is 0 Å². The van der Waals surface area contributed by atoms with Crippen LogP contribution in [0, 0.1) is 5.82 Å². The number of piperidine rings is 1. The minimum Gasteiger partial charge on any atom is -0.444 e. The number of nitrogens with zero attached hydrogens (tertiary/aromatic N) is 1. The van der Waals surface area contributed by atoms with Gasteiger partial charge in [-0.05, 0) is 63.6 Å². The van der Waals surface area contributed by atoms with Crippen molar-refractivity contribution in [1.82, 2.24) is 10.2 Å². The Morgan fingerprint density at radius 3 is 2.50 bits per heavy atom. The maximum absolute atomic E-state index is 14.7. The SMILES string of the molecule is CNC(=O)CCC(C=O)Nc1ccc(C2CCN(C(=O)OC(C)(C)C)CC2)c(F)c1. The molecule has 30 heavy (non-hydrogen) atoms. The summed E-state index contributed by atoms with van der Waals surface area (Å²) in [5.41, 5.74) is 0.566. The van der Waals surface area contributed by atoms with Crippen LogP contribution in [0.3, 0.4) is 0 Å². The third-order valence-corrected chi connectivity index (χ3v) is 5.06. The molecule has 1 heterocycles. The van der Waals surface area contributed by atoms with Gasteiger partial charge in [0.1, 0.15) is 17.7 Å². The predicted molar refractivity (Wildman–Crippen MR) is 113 cm³/mol. The van der Waals surface area contributed by atoms with E-state index in [-0.39, 0.29) is 30.2 Å². The minimum atomic E-state index is -0.565. The van der Waals surface area contributed by atoms with E-state index in [9.17, 15) is 18.8 Å². The molecular weight excluding hydrogens is 389 g/mol. The molecule has 0 spiro atoms. The van der Waals surface area contributed by atoms with Crippen LogP contribution in [0.15, 0.2) is 18.2 Å². The average molecular weight is 422 g/mol. The van der Waals surface area contributed by atoms with Crippen LogP contribution in [0.2, 0.25) is 0 Å². The summed E-state index contributed by atoms with van der Waals surface area (Å²) < 4.78 is 20.1.